The summed E-state index contributed by atoms with van der Waals surface area (Å²) in [5.74, 6) is -1.90. The number of esters is 1. The summed E-state index contributed by atoms with van der Waals surface area (Å²) in [4.78, 5) is 37.1. The summed E-state index contributed by atoms with van der Waals surface area (Å²) in [6, 6.07) is 5.98. The minimum Gasteiger partial charge on any atom is -0.462 e. The van der Waals surface area contributed by atoms with E-state index in [2.05, 4.69) is 20.8 Å². The van der Waals surface area contributed by atoms with E-state index in [-0.39, 0.29) is 39.6 Å². The van der Waals surface area contributed by atoms with Crippen LogP contribution in [0.5, 0.6) is 0 Å². The minimum absolute atomic E-state index is 0.108. The lowest BCUT2D eigenvalue weighted by atomic mass is 10.1. The maximum atomic E-state index is 14.0. The van der Waals surface area contributed by atoms with E-state index in [9.17, 15) is 18.8 Å². The van der Waals surface area contributed by atoms with Crippen LogP contribution in [-0.4, -0.2) is 50.2 Å². The Morgan fingerprint density at radius 1 is 1.29 bits per heavy atom. The molecule has 12 heteroatoms. The van der Waals surface area contributed by atoms with E-state index in [1.165, 1.54) is 23.7 Å². The van der Waals surface area contributed by atoms with Crippen LogP contribution in [0.2, 0.25) is 0 Å². The van der Waals surface area contributed by atoms with Crippen LogP contribution >= 0.6 is 23.1 Å². The molecule has 0 bridgehead atoms. The van der Waals surface area contributed by atoms with Crippen molar-refractivity contribution in [1.82, 2.24) is 20.2 Å². The fourth-order valence-electron chi connectivity index (χ4n) is 2.72. The zero-order valence-corrected chi connectivity index (χ0v) is 18.5. The van der Waals surface area contributed by atoms with Gasteiger partial charge in [0.05, 0.1) is 22.8 Å². The zero-order chi connectivity index (χ0) is 22.5. The van der Waals surface area contributed by atoms with Crippen molar-refractivity contribution in [2.45, 2.75) is 25.9 Å². The van der Waals surface area contributed by atoms with Crippen molar-refractivity contribution in [2.75, 3.05) is 17.7 Å². The van der Waals surface area contributed by atoms with Gasteiger partial charge in [-0.05, 0) is 48.9 Å². The number of anilines is 1. The van der Waals surface area contributed by atoms with Crippen LogP contribution in [-0.2, 0) is 9.53 Å². The number of ether oxygens (including phenoxy) is 1. The molecule has 1 N–H and O–H groups in total. The Bertz CT molecular complexity index is 1140. The highest BCUT2D eigenvalue weighted by Gasteiger charge is 2.25. The number of carbonyl (C=O) groups excluding carboxylic acids is 3. The van der Waals surface area contributed by atoms with Crippen molar-refractivity contribution < 1.29 is 23.5 Å². The standard InChI is InChI=1S/C19H18FN5O4S2/c1-4-29-18(28)15-10(2)16(11(3)26)31-17(15)21-14(27)9-30-19-22-23-24-25(19)13-8-6-5-7-12(13)20/h5-8H,4,9H2,1-3H3,(H,21,27). The fraction of sp³-hybridized carbons (Fsp3) is 0.263. The smallest absolute Gasteiger partial charge is 0.341 e. The highest BCUT2D eigenvalue weighted by molar-refractivity contribution is 7.99. The van der Waals surface area contributed by atoms with Crippen LogP contribution in [0.3, 0.4) is 0 Å². The monoisotopic (exact) mass is 463 g/mol. The number of benzene rings is 1. The Kier molecular flexibility index (Phi) is 7.13. The number of ketones is 1. The van der Waals surface area contributed by atoms with E-state index in [4.69, 9.17) is 4.74 Å². The SMILES string of the molecule is CCOC(=O)c1c(NC(=O)CSc2nnnn2-c2ccccc2F)sc(C(C)=O)c1C. The van der Waals surface area contributed by atoms with Crippen LogP contribution in [0, 0.1) is 12.7 Å². The molecule has 0 atom stereocenters. The van der Waals surface area contributed by atoms with Crippen molar-refractivity contribution in [3.63, 3.8) is 0 Å². The lowest BCUT2D eigenvalue weighted by molar-refractivity contribution is -0.113. The number of amides is 1. The third-order valence-corrected chi connectivity index (χ3v) is 6.28. The zero-order valence-electron chi connectivity index (χ0n) is 16.8. The first-order valence-electron chi connectivity index (χ1n) is 9.10. The number of thiophene rings is 1. The number of tetrazole rings is 1. The van der Waals surface area contributed by atoms with E-state index in [1.807, 2.05) is 0 Å². The number of nitrogens with one attached hydrogen (secondary N) is 1. The van der Waals surface area contributed by atoms with Crippen LogP contribution in [0.1, 0.15) is 39.4 Å². The van der Waals surface area contributed by atoms with Gasteiger partial charge in [-0.2, -0.15) is 4.68 Å². The van der Waals surface area contributed by atoms with Crippen molar-refractivity contribution in [1.29, 1.82) is 0 Å². The van der Waals surface area contributed by atoms with Crippen LogP contribution in [0.4, 0.5) is 9.39 Å². The van der Waals surface area contributed by atoms with Gasteiger partial charge in [-0.3, -0.25) is 9.59 Å². The summed E-state index contributed by atoms with van der Waals surface area (Å²) >= 11 is 2.01. The van der Waals surface area contributed by atoms with Crippen molar-refractivity contribution >= 4 is 45.8 Å². The fourth-order valence-corrected chi connectivity index (χ4v) is 4.51. The Morgan fingerprint density at radius 2 is 2.03 bits per heavy atom. The first-order valence-corrected chi connectivity index (χ1v) is 10.9. The molecule has 0 radical (unpaired) electrons. The Labute approximate surface area is 185 Å². The van der Waals surface area contributed by atoms with Gasteiger partial charge < -0.3 is 10.1 Å². The van der Waals surface area contributed by atoms with Gasteiger partial charge >= 0.3 is 5.97 Å². The average Bonchev–Trinajstić information content (AvgIpc) is 3.31. The molecule has 3 rings (SSSR count). The highest BCUT2D eigenvalue weighted by atomic mass is 32.2. The molecule has 0 aliphatic rings. The molecule has 2 heterocycles. The molecule has 0 aliphatic heterocycles. The number of rotatable bonds is 8. The quantitative estimate of drug-likeness (QED) is 0.307. The third-order valence-electron chi connectivity index (χ3n) is 4.05. The van der Waals surface area contributed by atoms with Gasteiger partial charge in [0.25, 0.3) is 0 Å². The van der Waals surface area contributed by atoms with Gasteiger partial charge in [0.1, 0.15) is 16.5 Å². The summed E-state index contributed by atoms with van der Waals surface area (Å²) in [6.07, 6.45) is 0. The van der Waals surface area contributed by atoms with E-state index in [0.717, 1.165) is 23.1 Å². The Balaban J connectivity index is 1.76. The number of aromatic nitrogens is 4. The van der Waals surface area contributed by atoms with E-state index < -0.39 is 17.7 Å². The van der Waals surface area contributed by atoms with E-state index >= 15 is 0 Å². The van der Waals surface area contributed by atoms with Gasteiger partial charge in [-0.1, -0.05) is 23.9 Å². The molecule has 1 aromatic carbocycles. The van der Waals surface area contributed by atoms with Crippen LogP contribution in [0.25, 0.3) is 5.69 Å². The molecule has 0 spiro atoms. The second kappa shape index (κ2) is 9.79. The molecule has 1 amide bonds. The summed E-state index contributed by atoms with van der Waals surface area (Å²) in [7, 11) is 0. The van der Waals surface area contributed by atoms with E-state index in [0.29, 0.717) is 10.4 Å². The number of para-hydroxylation sites is 1. The molecule has 9 nitrogen and oxygen atoms in total. The summed E-state index contributed by atoms with van der Waals surface area (Å²) in [5.41, 5.74) is 0.772. The largest absolute Gasteiger partial charge is 0.462 e. The molecule has 0 unspecified atom stereocenters. The van der Waals surface area contributed by atoms with Gasteiger partial charge in [-0.25, -0.2) is 9.18 Å². The molecule has 0 fully saturated rings. The van der Waals surface area contributed by atoms with Crippen LogP contribution < -0.4 is 5.32 Å². The van der Waals surface area contributed by atoms with Gasteiger partial charge in [0.2, 0.25) is 11.1 Å². The molecule has 0 saturated carbocycles. The molecule has 3 aromatic rings. The average molecular weight is 464 g/mol. The summed E-state index contributed by atoms with van der Waals surface area (Å²) in [5, 5.41) is 14.2. The number of halogens is 1. The van der Waals surface area contributed by atoms with Gasteiger partial charge in [0.15, 0.2) is 5.78 Å². The second-order valence-corrected chi connectivity index (χ2v) is 8.16. The lowest BCUT2D eigenvalue weighted by Crippen LogP contribution is -2.17. The van der Waals surface area contributed by atoms with Crippen molar-refractivity contribution in [3.8, 4) is 5.69 Å². The van der Waals surface area contributed by atoms with E-state index in [1.54, 1.807) is 26.0 Å². The number of hydrogen-bond acceptors (Lipinski definition) is 9. The first kappa shape index (κ1) is 22.6. The Morgan fingerprint density at radius 3 is 2.71 bits per heavy atom. The summed E-state index contributed by atoms with van der Waals surface area (Å²) in [6.45, 7) is 4.84. The van der Waals surface area contributed by atoms with Crippen molar-refractivity contribution in [3.05, 3.63) is 46.1 Å². The molecule has 2 aromatic heterocycles. The van der Waals surface area contributed by atoms with Gasteiger partial charge in [-0.15, -0.1) is 16.4 Å². The predicted octanol–water partition coefficient (Wildman–Crippen LogP) is 3.28. The highest BCUT2D eigenvalue weighted by Crippen LogP contribution is 2.34. The number of hydrogen-bond donors (Lipinski definition) is 1. The molecular formula is C19H18FN5O4S2. The molecular weight excluding hydrogens is 445 g/mol. The van der Waals surface area contributed by atoms with Crippen molar-refractivity contribution in [2.24, 2.45) is 0 Å². The number of Topliss-reactive ketones (excluding diaryl/α,β-unsaturated/α-hetero) is 1. The topological polar surface area (TPSA) is 116 Å². The molecule has 162 valence electrons. The van der Waals surface area contributed by atoms with Crippen LogP contribution in [0.15, 0.2) is 29.4 Å². The third kappa shape index (κ3) is 4.97. The first-order chi connectivity index (χ1) is 14.8. The number of carbonyl (C=O) groups is 3. The minimum atomic E-state index is -0.616. The normalized spacial score (nSPS) is 10.7. The lowest BCUT2D eigenvalue weighted by Gasteiger charge is -2.07. The molecule has 31 heavy (non-hydrogen) atoms. The number of nitrogens with zero attached hydrogens (tertiary/aromatic N) is 4. The maximum absolute atomic E-state index is 14.0. The maximum Gasteiger partial charge on any atom is 0.341 e. The summed E-state index contributed by atoms with van der Waals surface area (Å²) < 4.78 is 20.3. The molecule has 0 saturated heterocycles. The second-order valence-electron chi connectivity index (χ2n) is 6.20. The predicted molar refractivity (Wildman–Crippen MR) is 113 cm³/mol. The Hall–Kier alpha value is -3.12. The van der Waals surface area contributed by atoms with Gasteiger partial charge in [0, 0.05) is 0 Å². The molecule has 0 aliphatic carbocycles. The number of thioether (sulfide) groups is 1.